The molecule has 1 aromatic rings. The maximum absolute atomic E-state index is 12.0. The van der Waals surface area contributed by atoms with Gasteiger partial charge in [0, 0.05) is 23.4 Å². The van der Waals surface area contributed by atoms with Crippen LogP contribution < -0.4 is 5.32 Å². The first kappa shape index (κ1) is 14.9. The van der Waals surface area contributed by atoms with Crippen molar-refractivity contribution in [1.82, 2.24) is 5.32 Å². The number of benzene rings is 1. The normalized spacial score (nSPS) is 22.1. The van der Waals surface area contributed by atoms with Gasteiger partial charge in [0.1, 0.15) is 0 Å². The summed E-state index contributed by atoms with van der Waals surface area (Å²) < 4.78 is 0. The fourth-order valence-corrected chi connectivity index (χ4v) is 2.55. The van der Waals surface area contributed by atoms with Crippen LogP contribution in [0.1, 0.15) is 37.7 Å². The molecule has 20 heavy (non-hydrogen) atoms. The lowest BCUT2D eigenvalue weighted by Gasteiger charge is -2.12. The predicted octanol–water partition coefficient (Wildman–Crippen LogP) is 2.81. The van der Waals surface area contributed by atoms with E-state index in [9.17, 15) is 9.59 Å². The van der Waals surface area contributed by atoms with E-state index >= 15 is 0 Å². The predicted molar refractivity (Wildman–Crippen MR) is 76.8 cm³/mol. The minimum atomic E-state index is -0.839. The van der Waals surface area contributed by atoms with Crippen LogP contribution in [-0.2, 0) is 9.59 Å². The SMILES string of the molecule is C[C@H](CCC(=O)O)NC(=O)[C@H]1C[C@H]1c1cccc(Cl)c1. The zero-order valence-electron chi connectivity index (χ0n) is 11.3. The lowest BCUT2D eigenvalue weighted by Crippen LogP contribution is -2.34. The summed E-state index contributed by atoms with van der Waals surface area (Å²) in [4.78, 5) is 22.5. The van der Waals surface area contributed by atoms with Crippen molar-refractivity contribution >= 4 is 23.5 Å². The molecule has 1 amide bonds. The Labute approximate surface area is 123 Å². The summed E-state index contributed by atoms with van der Waals surface area (Å²) in [5.41, 5.74) is 1.09. The molecule has 0 bridgehead atoms. The highest BCUT2D eigenvalue weighted by atomic mass is 35.5. The van der Waals surface area contributed by atoms with Gasteiger partial charge in [0.2, 0.25) is 5.91 Å². The van der Waals surface area contributed by atoms with Gasteiger partial charge in [-0.25, -0.2) is 0 Å². The molecular formula is C15H18ClNO3. The average molecular weight is 296 g/mol. The Morgan fingerprint density at radius 2 is 2.25 bits per heavy atom. The highest BCUT2D eigenvalue weighted by Gasteiger charge is 2.44. The lowest BCUT2D eigenvalue weighted by atomic mass is 10.1. The molecule has 5 heteroatoms. The number of carbonyl (C=O) groups is 2. The van der Waals surface area contributed by atoms with Crippen molar-refractivity contribution in [2.75, 3.05) is 0 Å². The van der Waals surface area contributed by atoms with Crippen molar-refractivity contribution in [3.63, 3.8) is 0 Å². The molecule has 0 saturated heterocycles. The molecule has 1 saturated carbocycles. The van der Waals surface area contributed by atoms with Crippen molar-refractivity contribution in [1.29, 1.82) is 0 Å². The van der Waals surface area contributed by atoms with E-state index in [1.54, 1.807) is 0 Å². The van der Waals surface area contributed by atoms with E-state index in [2.05, 4.69) is 5.32 Å². The molecule has 1 fully saturated rings. The highest BCUT2D eigenvalue weighted by Crippen LogP contribution is 2.48. The summed E-state index contributed by atoms with van der Waals surface area (Å²) in [5, 5.41) is 12.2. The van der Waals surface area contributed by atoms with Crippen LogP contribution in [0.2, 0.25) is 5.02 Å². The Balaban J connectivity index is 1.82. The fourth-order valence-electron chi connectivity index (χ4n) is 2.35. The van der Waals surface area contributed by atoms with Crippen molar-refractivity contribution in [3.05, 3.63) is 34.9 Å². The Morgan fingerprint density at radius 1 is 1.50 bits per heavy atom. The van der Waals surface area contributed by atoms with Gasteiger partial charge in [0.25, 0.3) is 0 Å². The Bertz CT molecular complexity index is 518. The third-order valence-electron chi connectivity index (χ3n) is 3.58. The van der Waals surface area contributed by atoms with E-state index in [1.165, 1.54) is 0 Å². The quantitative estimate of drug-likeness (QED) is 0.848. The first-order valence-electron chi connectivity index (χ1n) is 6.75. The minimum absolute atomic E-state index is 0.00728. The highest BCUT2D eigenvalue weighted by molar-refractivity contribution is 6.30. The van der Waals surface area contributed by atoms with Crippen LogP contribution in [-0.4, -0.2) is 23.0 Å². The van der Waals surface area contributed by atoms with E-state index in [-0.39, 0.29) is 30.2 Å². The van der Waals surface area contributed by atoms with E-state index in [0.29, 0.717) is 11.4 Å². The van der Waals surface area contributed by atoms with Gasteiger partial charge in [-0.3, -0.25) is 9.59 Å². The molecule has 0 spiro atoms. The number of aliphatic carboxylic acids is 1. The summed E-state index contributed by atoms with van der Waals surface area (Å²) in [6, 6.07) is 7.47. The van der Waals surface area contributed by atoms with Gasteiger partial charge in [-0.2, -0.15) is 0 Å². The standard InChI is InChI=1S/C15H18ClNO3/c1-9(5-6-14(18)19)17-15(20)13-8-12(13)10-3-2-4-11(16)7-10/h2-4,7,9,12-13H,5-6,8H2,1H3,(H,17,20)(H,18,19)/t9-,12+,13+/m1/s1. The van der Waals surface area contributed by atoms with Crippen LogP contribution >= 0.6 is 11.6 Å². The number of nitrogens with one attached hydrogen (secondary N) is 1. The Morgan fingerprint density at radius 3 is 2.90 bits per heavy atom. The molecule has 4 nitrogen and oxygen atoms in total. The number of carboxylic acids is 1. The zero-order chi connectivity index (χ0) is 14.7. The minimum Gasteiger partial charge on any atom is -0.481 e. The second-order valence-corrected chi connectivity index (χ2v) is 5.78. The largest absolute Gasteiger partial charge is 0.481 e. The smallest absolute Gasteiger partial charge is 0.303 e. The molecular weight excluding hydrogens is 278 g/mol. The van der Waals surface area contributed by atoms with Crippen LogP contribution in [0.5, 0.6) is 0 Å². The summed E-state index contributed by atoms with van der Waals surface area (Å²) in [6.07, 6.45) is 1.36. The summed E-state index contributed by atoms with van der Waals surface area (Å²) >= 11 is 5.94. The molecule has 1 aliphatic rings. The summed E-state index contributed by atoms with van der Waals surface area (Å²) in [7, 11) is 0. The molecule has 108 valence electrons. The van der Waals surface area contributed by atoms with Gasteiger partial charge < -0.3 is 10.4 Å². The van der Waals surface area contributed by atoms with Gasteiger partial charge in [0.05, 0.1) is 0 Å². The van der Waals surface area contributed by atoms with Crippen LogP contribution in [0, 0.1) is 5.92 Å². The van der Waals surface area contributed by atoms with E-state index < -0.39 is 5.97 Å². The Kier molecular flexibility index (Phi) is 4.65. The number of hydrogen-bond donors (Lipinski definition) is 2. The molecule has 2 rings (SSSR count). The molecule has 0 aliphatic heterocycles. The van der Waals surface area contributed by atoms with Crippen molar-refractivity contribution in [2.24, 2.45) is 5.92 Å². The molecule has 1 aromatic carbocycles. The number of amides is 1. The molecule has 2 N–H and O–H groups in total. The summed E-state index contributed by atoms with van der Waals surface area (Å²) in [6.45, 7) is 1.83. The van der Waals surface area contributed by atoms with Crippen molar-refractivity contribution in [2.45, 2.75) is 38.1 Å². The van der Waals surface area contributed by atoms with Crippen molar-refractivity contribution < 1.29 is 14.7 Å². The van der Waals surface area contributed by atoms with E-state index in [4.69, 9.17) is 16.7 Å². The van der Waals surface area contributed by atoms with Gasteiger partial charge >= 0.3 is 5.97 Å². The third-order valence-corrected chi connectivity index (χ3v) is 3.82. The first-order chi connectivity index (χ1) is 9.47. The molecule has 0 heterocycles. The van der Waals surface area contributed by atoms with Gasteiger partial charge in [-0.1, -0.05) is 23.7 Å². The van der Waals surface area contributed by atoms with Crippen LogP contribution in [0.15, 0.2) is 24.3 Å². The average Bonchev–Trinajstić information content (AvgIpc) is 3.16. The monoisotopic (exact) mass is 295 g/mol. The van der Waals surface area contributed by atoms with E-state index in [1.807, 2.05) is 31.2 Å². The second-order valence-electron chi connectivity index (χ2n) is 5.35. The van der Waals surface area contributed by atoms with Crippen LogP contribution in [0.4, 0.5) is 0 Å². The zero-order valence-corrected chi connectivity index (χ0v) is 12.1. The van der Waals surface area contributed by atoms with Gasteiger partial charge in [0.15, 0.2) is 0 Å². The molecule has 0 aromatic heterocycles. The van der Waals surface area contributed by atoms with Crippen molar-refractivity contribution in [3.8, 4) is 0 Å². The molecule has 1 aliphatic carbocycles. The molecule has 3 atom stereocenters. The maximum Gasteiger partial charge on any atom is 0.303 e. The topological polar surface area (TPSA) is 66.4 Å². The van der Waals surface area contributed by atoms with Crippen LogP contribution in [0.3, 0.4) is 0 Å². The fraction of sp³-hybridized carbons (Fsp3) is 0.467. The number of halogens is 1. The van der Waals surface area contributed by atoms with Gasteiger partial charge in [-0.05, 0) is 43.4 Å². The number of hydrogen-bond acceptors (Lipinski definition) is 2. The summed E-state index contributed by atoms with van der Waals surface area (Å²) in [5.74, 6) is -0.608. The molecule has 0 radical (unpaired) electrons. The first-order valence-corrected chi connectivity index (χ1v) is 7.13. The third kappa shape index (κ3) is 3.97. The van der Waals surface area contributed by atoms with Gasteiger partial charge in [-0.15, -0.1) is 0 Å². The lowest BCUT2D eigenvalue weighted by molar-refractivity contribution is -0.137. The van der Waals surface area contributed by atoms with Crippen LogP contribution in [0.25, 0.3) is 0 Å². The molecule has 0 unspecified atom stereocenters. The second kappa shape index (κ2) is 6.27. The Hall–Kier alpha value is -1.55. The number of rotatable bonds is 6. The maximum atomic E-state index is 12.0. The number of carboxylic acid groups (broad SMARTS) is 1. The van der Waals surface area contributed by atoms with E-state index in [0.717, 1.165) is 12.0 Å². The number of carbonyl (C=O) groups excluding carboxylic acids is 1.